The third-order valence-electron chi connectivity index (χ3n) is 2.72. The van der Waals surface area contributed by atoms with Crippen molar-refractivity contribution >= 4 is 0 Å². The molecule has 2 nitrogen and oxygen atoms in total. The number of benzene rings is 1. The maximum atomic E-state index is 5.83. The molecule has 1 aliphatic rings. The Balaban J connectivity index is 0.00000128. The molecule has 0 amide bonds. The van der Waals surface area contributed by atoms with Crippen LogP contribution in [0.25, 0.3) is 0 Å². The van der Waals surface area contributed by atoms with E-state index in [0.29, 0.717) is 0 Å². The average Bonchev–Trinajstić information content (AvgIpc) is 2.24. The summed E-state index contributed by atoms with van der Waals surface area (Å²) in [6, 6.07) is 10.7. The molecule has 0 N–H and O–H groups in total. The summed E-state index contributed by atoms with van der Waals surface area (Å²) in [7, 11) is 0. The van der Waals surface area contributed by atoms with Crippen molar-refractivity contribution in [3.8, 4) is 0 Å². The van der Waals surface area contributed by atoms with Gasteiger partial charge in [0.15, 0.2) is 5.79 Å². The third kappa shape index (κ3) is 2.90. The molecule has 0 radical (unpaired) electrons. The zero-order valence-electron chi connectivity index (χ0n) is 10.5. The molecular formula is C13H17LiO2. The van der Waals surface area contributed by atoms with Gasteiger partial charge in [0.05, 0.1) is 13.2 Å². The van der Waals surface area contributed by atoms with E-state index in [-0.39, 0.29) is 24.3 Å². The van der Waals surface area contributed by atoms with Crippen LogP contribution in [0.2, 0.25) is 0 Å². The normalized spacial score (nSPS) is 22.2. The van der Waals surface area contributed by atoms with Gasteiger partial charge in [-0.2, -0.15) is 30.3 Å². The van der Waals surface area contributed by atoms with Crippen LogP contribution < -0.4 is 18.9 Å². The van der Waals surface area contributed by atoms with E-state index in [0.717, 1.165) is 18.8 Å². The molecule has 0 bridgehead atoms. The first-order valence-electron chi connectivity index (χ1n) is 5.26. The van der Waals surface area contributed by atoms with E-state index < -0.39 is 5.79 Å². The Bertz CT molecular complexity index is 325. The van der Waals surface area contributed by atoms with Gasteiger partial charge in [-0.3, -0.25) is 0 Å². The monoisotopic (exact) mass is 212 g/mol. The van der Waals surface area contributed by atoms with Gasteiger partial charge in [0, 0.05) is 5.41 Å². The van der Waals surface area contributed by atoms with Crippen LogP contribution in [-0.4, -0.2) is 13.2 Å². The molecule has 1 aromatic carbocycles. The van der Waals surface area contributed by atoms with Crippen molar-refractivity contribution in [3.63, 3.8) is 0 Å². The smallest absolute Gasteiger partial charge is 0.347 e. The number of hydrogen-bond acceptors (Lipinski definition) is 2. The van der Waals surface area contributed by atoms with Gasteiger partial charge in [0.1, 0.15) is 0 Å². The van der Waals surface area contributed by atoms with Gasteiger partial charge >= 0.3 is 18.9 Å². The number of ether oxygens (including phenoxy) is 2. The van der Waals surface area contributed by atoms with Crippen LogP contribution >= 0.6 is 0 Å². The summed E-state index contributed by atoms with van der Waals surface area (Å²) in [5.74, 6) is -0.593. The van der Waals surface area contributed by atoms with E-state index in [2.05, 4.69) is 19.9 Å². The Hall–Kier alpha value is -0.263. The van der Waals surface area contributed by atoms with Crippen molar-refractivity contribution in [2.45, 2.75) is 26.6 Å². The molecule has 0 atom stereocenters. The average molecular weight is 212 g/mol. The molecule has 2 rings (SSSR count). The molecule has 0 unspecified atom stereocenters. The quantitative estimate of drug-likeness (QED) is 0.471. The van der Waals surface area contributed by atoms with E-state index in [9.17, 15) is 0 Å². The fourth-order valence-corrected chi connectivity index (χ4v) is 1.61. The molecular weight excluding hydrogens is 195 g/mol. The van der Waals surface area contributed by atoms with Crippen LogP contribution in [-0.2, 0) is 15.3 Å². The Kier molecular flexibility index (Phi) is 4.26. The predicted octanol–water partition coefficient (Wildman–Crippen LogP) is -0.264. The molecule has 16 heavy (non-hydrogen) atoms. The summed E-state index contributed by atoms with van der Waals surface area (Å²) in [4.78, 5) is 0. The summed E-state index contributed by atoms with van der Waals surface area (Å²) in [6.45, 7) is 7.71. The SMILES string of the molecule is CC1(C)COC(C)(c2cc[c-]cc2)OC1.[Li+]. The third-order valence-corrected chi connectivity index (χ3v) is 2.72. The summed E-state index contributed by atoms with van der Waals surface area (Å²) in [5, 5.41) is 0. The van der Waals surface area contributed by atoms with Crippen LogP contribution in [0.4, 0.5) is 0 Å². The fraction of sp³-hybridized carbons (Fsp3) is 0.538. The molecule has 0 aliphatic carbocycles. The van der Waals surface area contributed by atoms with Gasteiger partial charge in [-0.15, -0.1) is 0 Å². The van der Waals surface area contributed by atoms with Gasteiger partial charge < -0.3 is 9.47 Å². The van der Waals surface area contributed by atoms with E-state index in [4.69, 9.17) is 9.47 Å². The second-order valence-electron chi connectivity index (χ2n) is 4.98. The Morgan fingerprint density at radius 2 is 1.56 bits per heavy atom. The van der Waals surface area contributed by atoms with Crippen molar-refractivity contribution in [2.75, 3.05) is 13.2 Å². The predicted molar refractivity (Wildman–Crippen MR) is 58.3 cm³/mol. The first-order chi connectivity index (χ1) is 7.02. The van der Waals surface area contributed by atoms with Gasteiger partial charge in [-0.25, -0.2) is 0 Å². The standard InChI is InChI=1S/C13H17O2.Li/c1-12(2)9-14-13(3,15-10-12)11-7-5-4-6-8-11;/h5-8H,9-10H2,1-3H3;/q-1;+1. The second-order valence-corrected chi connectivity index (χ2v) is 4.98. The van der Waals surface area contributed by atoms with Crippen LogP contribution in [0.5, 0.6) is 0 Å². The Labute approximate surface area is 110 Å². The maximum Gasteiger partial charge on any atom is 1.00 e. The van der Waals surface area contributed by atoms with Gasteiger partial charge in [-0.1, -0.05) is 19.4 Å². The van der Waals surface area contributed by atoms with Crippen LogP contribution in [0.1, 0.15) is 26.3 Å². The van der Waals surface area contributed by atoms with Crippen molar-refractivity contribution in [3.05, 3.63) is 35.9 Å². The van der Waals surface area contributed by atoms with Gasteiger partial charge in [0.25, 0.3) is 0 Å². The first-order valence-corrected chi connectivity index (χ1v) is 5.26. The van der Waals surface area contributed by atoms with Crippen molar-refractivity contribution in [1.82, 2.24) is 0 Å². The van der Waals surface area contributed by atoms with Crippen LogP contribution in [0.3, 0.4) is 0 Å². The number of hydrogen-bond donors (Lipinski definition) is 0. The molecule has 1 fully saturated rings. The molecule has 0 aromatic heterocycles. The topological polar surface area (TPSA) is 18.5 Å². The number of rotatable bonds is 1. The minimum Gasteiger partial charge on any atom is -0.347 e. The maximum absolute atomic E-state index is 5.83. The zero-order chi connectivity index (χ0) is 10.9. The first kappa shape index (κ1) is 13.8. The summed E-state index contributed by atoms with van der Waals surface area (Å²) < 4.78 is 11.7. The minimum absolute atomic E-state index is 0. The molecule has 0 saturated carbocycles. The van der Waals surface area contributed by atoms with E-state index >= 15 is 0 Å². The second kappa shape index (κ2) is 4.94. The van der Waals surface area contributed by atoms with Crippen LogP contribution in [0.15, 0.2) is 24.3 Å². The van der Waals surface area contributed by atoms with Crippen LogP contribution in [0, 0.1) is 11.5 Å². The molecule has 0 spiro atoms. The molecule has 3 heteroatoms. The molecule has 1 saturated heterocycles. The minimum atomic E-state index is -0.593. The molecule has 1 aliphatic heterocycles. The van der Waals surface area contributed by atoms with E-state index in [1.165, 1.54) is 0 Å². The molecule has 1 heterocycles. The Morgan fingerprint density at radius 1 is 1.06 bits per heavy atom. The summed E-state index contributed by atoms with van der Waals surface area (Å²) in [5.41, 5.74) is 1.16. The van der Waals surface area contributed by atoms with Crippen molar-refractivity contribution in [1.29, 1.82) is 0 Å². The van der Waals surface area contributed by atoms with E-state index in [1.807, 2.05) is 31.2 Å². The van der Waals surface area contributed by atoms with E-state index in [1.54, 1.807) is 0 Å². The summed E-state index contributed by atoms with van der Waals surface area (Å²) in [6.07, 6.45) is 0. The Morgan fingerprint density at radius 3 is 2.06 bits per heavy atom. The molecule has 1 aromatic rings. The van der Waals surface area contributed by atoms with Crippen molar-refractivity contribution < 1.29 is 28.3 Å². The van der Waals surface area contributed by atoms with Crippen molar-refractivity contribution in [2.24, 2.45) is 5.41 Å². The summed E-state index contributed by atoms with van der Waals surface area (Å²) >= 11 is 0. The van der Waals surface area contributed by atoms with Gasteiger partial charge in [-0.05, 0) is 6.92 Å². The van der Waals surface area contributed by atoms with Gasteiger partial charge in [0.2, 0.25) is 0 Å². The zero-order valence-corrected chi connectivity index (χ0v) is 10.5. The largest absolute Gasteiger partial charge is 1.00 e. The molecule has 82 valence electrons. The fourth-order valence-electron chi connectivity index (χ4n) is 1.61.